The van der Waals surface area contributed by atoms with Crippen LogP contribution in [0, 0.1) is 18.8 Å². The van der Waals surface area contributed by atoms with Gasteiger partial charge in [-0.3, -0.25) is 4.79 Å². The minimum Gasteiger partial charge on any atom is -0.481 e. The van der Waals surface area contributed by atoms with Crippen molar-refractivity contribution in [1.82, 2.24) is 5.32 Å². The normalized spacial score (nSPS) is 12.0. The van der Waals surface area contributed by atoms with Crippen molar-refractivity contribution >= 4 is 33.6 Å². The largest absolute Gasteiger partial charge is 0.481 e. The van der Waals surface area contributed by atoms with Crippen LogP contribution in [0.5, 0.6) is 0 Å². The van der Waals surface area contributed by atoms with E-state index in [2.05, 4.69) is 26.6 Å². The summed E-state index contributed by atoms with van der Waals surface area (Å²) in [4.78, 5) is 22.9. The van der Waals surface area contributed by atoms with Crippen molar-refractivity contribution < 1.29 is 14.7 Å². The SMILES string of the molecule is Cc1ccc(NC(=O)NCC(CC(C)C)C(=O)O)c(Br)c1. The quantitative estimate of drug-likeness (QED) is 0.728. The molecular formula is C15H21BrN2O3. The molecule has 0 aliphatic carbocycles. The molecular weight excluding hydrogens is 336 g/mol. The van der Waals surface area contributed by atoms with Gasteiger partial charge >= 0.3 is 12.0 Å². The number of anilines is 1. The lowest BCUT2D eigenvalue weighted by molar-refractivity contribution is -0.142. The standard InChI is InChI=1S/C15H21BrN2O3/c1-9(2)6-11(14(19)20)8-17-15(21)18-13-5-4-10(3)7-12(13)16/h4-5,7,9,11H,6,8H2,1-3H3,(H,19,20)(H2,17,18,21). The first kappa shape index (κ1) is 17.5. The zero-order valence-electron chi connectivity index (χ0n) is 12.4. The van der Waals surface area contributed by atoms with Crippen LogP contribution in [0.25, 0.3) is 0 Å². The number of rotatable bonds is 6. The van der Waals surface area contributed by atoms with Gasteiger partial charge in [0.25, 0.3) is 0 Å². The first-order valence-electron chi connectivity index (χ1n) is 6.83. The second-order valence-electron chi connectivity index (χ2n) is 5.48. The molecule has 0 bridgehead atoms. The van der Waals surface area contributed by atoms with Crippen molar-refractivity contribution in [3.8, 4) is 0 Å². The molecule has 0 heterocycles. The van der Waals surface area contributed by atoms with Crippen LogP contribution in [-0.2, 0) is 4.79 Å². The molecule has 3 N–H and O–H groups in total. The lowest BCUT2D eigenvalue weighted by Gasteiger charge is -2.16. The minimum absolute atomic E-state index is 0.114. The molecule has 1 rings (SSSR count). The van der Waals surface area contributed by atoms with E-state index in [4.69, 9.17) is 5.11 Å². The van der Waals surface area contributed by atoms with Crippen LogP contribution in [0.1, 0.15) is 25.8 Å². The van der Waals surface area contributed by atoms with Crippen molar-refractivity contribution in [2.75, 3.05) is 11.9 Å². The maximum absolute atomic E-state index is 11.8. The molecule has 1 aromatic carbocycles. The second kappa shape index (κ2) is 8.02. The number of benzene rings is 1. The molecule has 1 aromatic rings. The summed E-state index contributed by atoms with van der Waals surface area (Å²) in [7, 11) is 0. The summed E-state index contributed by atoms with van der Waals surface area (Å²) in [6.07, 6.45) is 0.532. The van der Waals surface area contributed by atoms with E-state index in [-0.39, 0.29) is 12.5 Å². The number of aliphatic carboxylic acids is 1. The van der Waals surface area contributed by atoms with Crippen LogP contribution in [0.15, 0.2) is 22.7 Å². The first-order valence-corrected chi connectivity index (χ1v) is 7.62. The van der Waals surface area contributed by atoms with Crippen molar-refractivity contribution in [2.24, 2.45) is 11.8 Å². The third kappa shape index (κ3) is 6.16. The van der Waals surface area contributed by atoms with Gasteiger partial charge in [-0.05, 0) is 52.9 Å². The summed E-state index contributed by atoms with van der Waals surface area (Å²) in [5.41, 5.74) is 1.73. The number of nitrogens with one attached hydrogen (secondary N) is 2. The van der Waals surface area contributed by atoms with Gasteiger partial charge in [0.1, 0.15) is 0 Å². The van der Waals surface area contributed by atoms with Crippen molar-refractivity contribution in [1.29, 1.82) is 0 Å². The Hall–Kier alpha value is -1.56. The molecule has 6 heteroatoms. The molecule has 21 heavy (non-hydrogen) atoms. The molecule has 0 saturated heterocycles. The van der Waals surface area contributed by atoms with Crippen LogP contribution in [0.4, 0.5) is 10.5 Å². The Morgan fingerprint density at radius 3 is 2.52 bits per heavy atom. The molecule has 0 aliphatic rings. The van der Waals surface area contributed by atoms with E-state index in [1.807, 2.05) is 32.9 Å². The van der Waals surface area contributed by atoms with Crippen LogP contribution in [-0.4, -0.2) is 23.7 Å². The zero-order chi connectivity index (χ0) is 16.0. The fraction of sp³-hybridized carbons (Fsp3) is 0.467. The van der Waals surface area contributed by atoms with Crippen molar-refractivity contribution in [2.45, 2.75) is 27.2 Å². The number of carboxylic acid groups (broad SMARTS) is 1. The molecule has 1 unspecified atom stereocenters. The lowest BCUT2D eigenvalue weighted by atomic mass is 9.97. The molecule has 0 fully saturated rings. The van der Waals surface area contributed by atoms with Crippen LogP contribution in [0.2, 0.25) is 0 Å². The monoisotopic (exact) mass is 356 g/mol. The number of hydrogen-bond acceptors (Lipinski definition) is 2. The fourth-order valence-corrected chi connectivity index (χ4v) is 2.54. The average Bonchev–Trinajstić information content (AvgIpc) is 2.37. The molecule has 0 aromatic heterocycles. The van der Waals surface area contributed by atoms with E-state index < -0.39 is 17.9 Å². The molecule has 2 amide bonds. The molecule has 0 aliphatic heterocycles. The number of halogens is 1. The van der Waals surface area contributed by atoms with E-state index in [0.717, 1.165) is 10.0 Å². The van der Waals surface area contributed by atoms with E-state index in [0.29, 0.717) is 12.1 Å². The van der Waals surface area contributed by atoms with E-state index in [1.165, 1.54) is 0 Å². The molecule has 0 spiro atoms. The molecule has 116 valence electrons. The summed E-state index contributed by atoms with van der Waals surface area (Å²) in [6, 6.07) is 5.17. The Balaban J connectivity index is 2.54. The van der Waals surface area contributed by atoms with Crippen molar-refractivity contribution in [3.05, 3.63) is 28.2 Å². The van der Waals surface area contributed by atoms with E-state index >= 15 is 0 Å². The van der Waals surface area contributed by atoms with Gasteiger partial charge < -0.3 is 15.7 Å². The number of carbonyl (C=O) groups is 2. The Labute approximate surface area is 133 Å². The van der Waals surface area contributed by atoms with Gasteiger partial charge in [-0.1, -0.05) is 19.9 Å². The van der Waals surface area contributed by atoms with Gasteiger partial charge in [0.05, 0.1) is 11.6 Å². The number of urea groups is 1. The maximum atomic E-state index is 11.8. The van der Waals surface area contributed by atoms with Gasteiger partial charge in [0.15, 0.2) is 0 Å². The average molecular weight is 357 g/mol. The Bertz CT molecular complexity index is 518. The third-order valence-corrected chi connectivity index (χ3v) is 3.64. The second-order valence-corrected chi connectivity index (χ2v) is 6.34. The highest BCUT2D eigenvalue weighted by Crippen LogP contribution is 2.23. The predicted molar refractivity (Wildman–Crippen MR) is 86.5 cm³/mol. The van der Waals surface area contributed by atoms with Crippen LogP contribution in [0.3, 0.4) is 0 Å². The van der Waals surface area contributed by atoms with Gasteiger partial charge in [-0.15, -0.1) is 0 Å². The Morgan fingerprint density at radius 2 is 2.00 bits per heavy atom. The molecule has 1 atom stereocenters. The van der Waals surface area contributed by atoms with E-state index in [9.17, 15) is 9.59 Å². The zero-order valence-corrected chi connectivity index (χ0v) is 14.0. The third-order valence-electron chi connectivity index (χ3n) is 2.99. The highest BCUT2D eigenvalue weighted by Gasteiger charge is 2.19. The van der Waals surface area contributed by atoms with Gasteiger partial charge in [0.2, 0.25) is 0 Å². The van der Waals surface area contributed by atoms with Crippen molar-refractivity contribution in [3.63, 3.8) is 0 Å². The molecule has 0 saturated carbocycles. The van der Waals surface area contributed by atoms with Crippen LogP contribution >= 0.6 is 15.9 Å². The number of hydrogen-bond donors (Lipinski definition) is 3. The van der Waals surface area contributed by atoms with E-state index in [1.54, 1.807) is 6.07 Å². The molecule has 0 radical (unpaired) electrons. The van der Waals surface area contributed by atoms with Gasteiger partial charge in [-0.2, -0.15) is 0 Å². The summed E-state index contributed by atoms with van der Waals surface area (Å²) >= 11 is 3.37. The Kier molecular flexibility index (Phi) is 6.68. The number of amides is 2. The summed E-state index contributed by atoms with van der Waals surface area (Å²) in [5, 5.41) is 14.4. The maximum Gasteiger partial charge on any atom is 0.319 e. The lowest BCUT2D eigenvalue weighted by Crippen LogP contribution is -2.36. The number of carbonyl (C=O) groups excluding carboxylic acids is 1. The minimum atomic E-state index is -0.888. The molecule has 5 nitrogen and oxygen atoms in total. The smallest absolute Gasteiger partial charge is 0.319 e. The first-order chi connectivity index (χ1) is 9.79. The summed E-state index contributed by atoms with van der Waals surface area (Å²) in [6.45, 7) is 5.99. The highest BCUT2D eigenvalue weighted by molar-refractivity contribution is 9.10. The number of carboxylic acids is 1. The topological polar surface area (TPSA) is 78.4 Å². The predicted octanol–water partition coefficient (Wildman–Crippen LogP) is 3.63. The highest BCUT2D eigenvalue weighted by atomic mass is 79.9. The van der Waals surface area contributed by atoms with Crippen LogP contribution < -0.4 is 10.6 Å². The van der Waals surface area contributed by atoms with Gasteiger partial charge in [0, 0.05) is 11.0 Å². The Morgan fingerprint density at radius 1 is 1.33 bits per heavy atom. The summed E-state index contributed by atoms with van der Waals surface area (Å²) < 4.78 is 0.787. The number of aryl methyl sites for hydroxylation is 1. The summed E-state index contributed by atoms with van der Waals surface area (Å²) in [5.74, 6) is -1.19. The fourth-order valence-electron chi connectivity index (χ4n) is 1.94. The van der Waals surface area contributed by atoms with Gasteiger partial charge in [-0.25, -0.2) is 4.79 Å².